The predicted molar refractivity (Wildman–Crippen MR) is 48.3 cm³/mol. The molecular formula is C8H14N4O. The van der Waals surface area contributed by atoms with Crippen molar-refractivity contribution in [3.63, 3.8) is 0 Å². The molecule has 72 valence electrons. The lowest BCUT2D eigenvalue weighted by Gasteiger charge is -2.34. The molecule has 5 nitrogen and oxygen atoms in total. The highest BCUT2D eigenvalue weighted by Crippen LogP contribution is 2.22. The van der Waals surface area contributed by atoms with Gasteiger partial charge in [-0.3, -0.25) is 4.90 Å². The monoisotopic (exact) mass is 182 g/mol. The standard InChI is InChI=1S/C8H14N4O/c9-11-10-4-8-5-12-3-1-2-7(12)6-13-8/h7-8H,1-6H2/t7-,8-/m0/s1. The third-order valence-electron chi connectivity index (χ3n) is 2.81. The van der Waals surface area contributed by atoms with Gasteiger partial charge in [0.15, 0.2) is 0 Å². The van der Waals surface area contributed by atoms with E-state index in [9.17, 15) is 0 Å². The van der Waals surface area contributed by atoms with E-state index in [-0.39, 0.29) is 6.10 Å². The Labute approximate surface area is 77.3 Å². The molecule has 2 atom stereocenters. The number of rotatable bonds is 2. The van der Waals surface area contributed by atoms with Crippen LogP contribution in [-0.2, 0) is 4.74 Å². The lowest BCUT2D eigenvalue weighted by Crippen LogP contribution is -2.47. The minimum absolute atomic E-state index is 0.116. The Bertz CT molecular complexity index is 226. The second-order valence-electron chi connectivity index (χ2n) is 3.66. The maximum absolute atomic E-state index is 8.17. The summed E-state index contributed by atoms with van der Waals surface area (Å²) in [6.07, 6.45) is 2.65. The molecule has 0 aromatic rings. The highest BCUT2D eigenvalue weighted by atomic mass is 16.5. The average molecular weight is 182 g/mol. The molecule has 0 aliphatic carbocycles. The fraction of sp³-hybridized carbons (Fsp3) is 1.00. The van der Waals surface area contributed by atoms with Crippen LogP contribution in [0.15, 0.2) is 5.11 Å². The van der Waals surface area contributed by atoms with Gasteiger partial charge in [-0.05, 0) is 24.9 Å². The van der Waals surface area contributed by atoms with Crippen LogP contribution in [-0.4, -0.2) is 43.3 Å². The summed E-state index contributed by atoms with van der Waals surface area (Å²) < 4.78 is 5.59. The Morgan fingerprint density at radius 1 is 1.62 bits per heavy atom. The molecule has 2 rings (SSSR count). The van der Waals surface area contributed by atoms with Crippen LogP contribution in [0.1, 0.15) is 12.8 Å². The molecule has 2 fully saturated rings. The predicted octanol–water partition coefficient (Wildman–Crippen LogP) is 1.16. The van der Waals surface area contributed by atoms with Gasteiger partial charge in [-0.1, -0.05) is 5.11 Å². The molecule has 2 saturated heterocycles. The third kappa shape index (κ3) is 1.94. The van der Waals surface area contributed by atoms with Crippen molar-refractivity contribution < 1.29 is 4.74 Å². The highest BCUT2D eigenvalue weighted by molar-refractivity contribution is 4.85. The van der Waals surface area contributed by atoms with E-state index >= 15 is 0 Å². The molecule has 0 amide bonds. The van der Waals surface area contributed by atoms with Crippen molar-refractivity contribution in [2.75, 3.05) is 26.2 Å². The quantitative estimate of drug-likeness (QED) is 0.365. The van der Waals surface area contributed by atoms with Crippen molar-refractivity contribution in [2.45, 2.75) is 25.0 Å². The van der Waals surface area contributed by atoms with E-state index < -0.39 is 0 Å². The van der Waals surface area contributed by atoms with Crippen LogP contribution < -0.4 is 0 Å². The van der Waals surface area contributed by atoms with Gasteiger partial charge in [-0.15, -0.1) is 0 Å². The Balaban J connectivity index is 1.86. The maximum atomic E-state index is 8.17. The largest absolute Gasteiger partial charge is 0.375 e. The Hall–Kier alpha value is -0.770. The van der Waals surface area contributed by atoms with Crippen molar-refractivity contribution in [3.8, 4) is 0 Å². The molecule has 2 aliphatic heterocycles. The highest BCUT2D eigenvalue weighted by Gasteiger charge is 2.31. The molecule has 0 aromatic heterocycles. The van der Waals surface area contributed by atoms with Gasteiger partial charge in [-0.2, -0.15) is 0 Å². The van der Waals surface area contributed by atoms with Crippen LogP contribution >= 0.6 is 0 Å². The Morgan fingerprint density at radius 3 is 3.38 bits per heavy atom. The molecule has 0 spiro atoms. The maximum Gasteiger partial charge on any atom is 0.0759 e. The summed E-state index contributed by atoms with van der Waals surface area (Å²) in [5.74, 6) is 0. The third-order valence-corrected chi connectivity index (χ3v) is 2.81. The zero-order chi connectivity index (χ0) is 9.10. The van der Waals surface area contributed by atoms with Crippen molar-refractivity contribution in [1.29, 1.82) is 0 Å². The first-order valence-electron chi connectivity index (χ1n) is 4.76. The fourth-order valence-electron chi connectivity index (χ4n) is 2.12. The van der Waals surface area contributed by atoms with Crippen molar-refractivity contribution in [1.82, 2.24) is 4.90 Å². The number of nitrogens with zero attached hydrogens (tertiary/aromatic N) is 4. The number of azide groups is 1. The van der Waals surface area contributed by atoms with Gasteiger partial charge in [0.25, 0.3) is 0 Å². The fourth-order valence-corrected chi connectivity index (χ4v) is 2.12. The molecular weight excluding hydrogens is 168 g/mol. The summed E-state index contributed by atoms with van der Waals surface area (Å²) in [4.78, 5) is 5.19. The van der Waals surface area contributed by atoms with Gasteiger partial charge in [0, 0.05) is 17.5 Å². The van der Waals surface area contributed by atoms with E-state index in [4.69, 9.17) is 10.3 Å². The Morgan fingerprint density at radius 2 is 2.54 bits per heavy atom. The molecule has 13 heavy (non-hydrogen) atoms. The SMILES string of the molecule is [N-]=[N+]=NC[C@H]1CN2CCC[C@H]2CO1. The second-order valence-corrected chi connectivity index (χ2v) is 3.66. The first-order valence-corrected chi connectivity index (χ1v) is 4.76. The summed E-state index contributed by atoms with van der Waals surface area (Å²) in [5.41, 5.74) is 8.17. The van der Waals surface area contributed by atoms with Gasteiger partial charge in [0.2, 0.25) is 0 Å². The second kappa shape index (κ2) is 3.96. The van der Waals surface area contributed by atoms with Crippen LogP contribution in [0.25, 0.3) is 10.4 Å². The minimum Gasteiger partial charge on any atom is -0.375 e. The molecule has 2 aliphatic rings. The molecule has 0 unspecified atom stereocenters. The first kappa shape index (κ1) is 8.81. The normalized spacial score (nSPS) is 33.8. The molecule has 0 aromatic carbocycles. The smallest absolute Gasteiger partial charge is 0.0759 e. The van der Waals surface area contributed by atoms with E-state index in [0.29, 0.717) is 12.6 Å². The minimum atomic E-state index is 0.116. The molecule has 0 bridgehead atoms. The Kier molecular flexibility index (Phi) is 2.68. The van der Waals surface area contributed by atoms with E-state index in [2.05, 4.69) is 14.9 Å². The lowest BCUT2D eigenvalue weighted by molar-refractivity contribution is -0.0433. The first-order chi connectivity index (χ1) is 6.40. The van der Waals surface area contributed by atoms with Gasteiger partial charge in [0.1, 0.15) is 0 Å². The van der Waals surface area contributed by atoms with Crippen molar-refractivity contribution in [2.24, 2.45) is 5.11 Å². The van der Waals surface area contributed by atoms with Crippen LogP contribution in [0.5, 0.6) is 0 Å². The van der Waals surface area contributed by atoms with E-state index in [0.717, 1.165) is 13.2 Å². The number of hydrogen-bond acceptors (Lipinski definition) is 3. The average Bonchev–Trinajstić information content (AvgIpc) is 2.61. The molecule has 0 N–H and O–H groups in total. The van der Waals surface area contributed by atoms with E-state index in [1.54, 1.807) is 0 Å². The molecule has 2 heterocycles. The molecule has 0 radical (unpaired) electrons. The van der Waals surface area contributed by atoms with Gasteiger partial charge >= 0.3 is 0 Å². The van der Waals surface area contributed by atoms with Gasteiger partial charge in [0.05, 0.1) is 19.3 Å². The summed E-state index contributed by atoms with van der Waals surface area (Å²) in [6, 6.07) is 0.627. The molecule has 0 saturated carbocycles. The van der Waals surface area contributed by atoms with Crippen molar-refractivity contribution >= 4 is 0 Å². The number of ether oxygens (including phenoxy) is 1. The van der Waals surface area contributed by atoms with Crippen LogP contribution in [0, 0.1) is 0 Å². The zero-order valence-corrected chi connectivity index (χ0v) is 7.59. The summed E-state index contributed by atoms with van der Waals surface area (Å²) in [7, 11) is 0. The van der Waals surface area contributed by atoms with E-state index in [1.807, 2.05) is 0 Å². The number of fused-ring (bicyclic) bond motifs is 1. The van der Waals surface area contributed by atoms with Crippen LogP contribution in [0.4, 0.5) is 0 Å². The van der Waals surface area contributed by atoms with Gasteiger partial charge in [-0.25, -0.2) is 0 Å². The molecule has 5 heteroatoms. The zero-order valence-electron chi connectivity index (χ0n) is 7.59. The van der Waals surface area contributed by atoms with Crippen LogP contribution in [0.3, 0.4) is 0 Å². The van der Waals surface area contributed by atoms with Crippen LogP contribution in [0.2, 0.25) is 0 Å². The summed E-state index contributed by atoms with van der Waals surface area (Å²) in [5, 5.41) is 3.54. The lowest BCUT2D eigenvalue weighted by atomic mass is 10.2. The van der Waals surface area contributed by atoms with E-state index in [1.165, 1.54) is 19.4 Å². The van der Waals surface area contributed by atoms with Crippen molar-refractivity contribution in [3.05, 3.63) is 10.4 Å². The number of hydrogen-bond donors (Lipinski definition) is 0. The summed E-state index contributed by atoms with van der Waals surface area (Å²) in [6.45, 7) is 3.40. The topological polar surface area (TPSA) is 61.2 Å². The van der Waals surface area contributed by atoms with Gasteiger partial charge < -0.3 is 4.74 Å². The summed E-state index contributed by atoms with van der Waals surface area (Å²) >= 11 is 0. The number of morpholine rings is 1.